The predicted molar refractivity (Wildman–Crippen MR) is 157 cm³/mol. The average molecular weight is 528 g/mol. The van der Waals surface area contributed by atoms with E-state index in [9.17, 15) is 9.59 Å². The second kappa shape index (κ2) is 10.3. The minimum Gasteiger partial charge on any atom is -0.324 e. The third kappa shape index (κ3) is 5.18. The fourth-order valence-electron chi connectivity index (χ4n) is 5.42. The molecule has 1 fully saturated rings. The minimum absolute atomic E-state index is 0.114. The van der Waals surface area contributed by atoms with Crippen LogP contribution in [-0.2, 0) is 12.1 Å². The Hall–Kier alpha value is -3.98. The Bertz CT molecular complexity index is 1650. The van der Waals surface area contributed by atoms with E-state index in [4.69, 9.17) is 4.98 Å². The van der Waals surface area contributed by atoms with Crippen LogP contribution in [0.4, 0.5) is 11.6 Å². The zero-order valence-electron chi connectivity index (χ0n) is 23.4. The van der Waals surface area contributed by atoms with Gasteiger partial charge in [-0.25, -0.2) is 14.3 Å². The summed E-state index contributed by atoms with van der Waals surface area (Å²) in [7, 11) is 2.18. The van der Waals surface area contributed by atoms with Crippen LogP contribution in [-0.4, -0.2) is 48.9 Å². The predicted octanol–water partition coefficient (Wildman–Crippen LogP) is 4.55. The lowest BCUT2D eigenvalue weighted by molar-refractivity contribution is 0.255. The molecular formula is C30H37N7O2. The van der Waals surface area contributed by atoms with Crippen LogP contribution in [0.1, 0.15) is 50.7 Å². The van der Waals surface area contributed by atoms with E-state index in [2.05, 4.69) is 54.0 Å². The summed E-state index contributed by atoms with van der Waals surface area (Å²) in [6.45, 7) is 14.4. The van der Waals surface area contributed by atoms with E-state index in [-0.39, 0.29) is 17.7 Å². The SMILES string of the molecule is C=CCn1c(=O)c2cnc(Nc3ccc(C4CCN(C)CC4)c(C)c3)nc2n1-c1ccc(=O)n(C(C)(C)C)c1. The summed E-state index contributed by atoms with van der Waals surface area (Å²) in [6.07, 6.45) is 7.33. The minimum atomic E-state index is -0.432. The van der Waals surface area contributed by atoms with Gasteiger partial charge in [0, 0.05) is 29.7 Å². The summed E-state index contributed by atoms with van der Waals surface area (Å²) in [6, 6.07) is 9.64. The molecule has 1 aliphatic heterocycles. The van der Waals surface area contributed by atoms with Crippen molar-refractivity contribution in [1.29, 1.82) is 0 Å². The van der Waals surface area contributed by atoms with Gasteiger partial charge in [-0.05, 0) is 95.9 Å². The van der Waals surface area contributed by atoms with Crippen molar-refractivity contribution in [2.75, 3.05) is 25.5 Å². The van der Waals surface area contributed by atoms with Crippen molar-refractivity contribution < 1.29 is 0 Å². The number of piperidine rings is 1. The molecule has 0 atom stereocenters. The van der Waals surface area contributed by atoms with E-state index in [1.54, 1.807) is 38.5 Å². The number of anilines is 2. The number of hydrogen-bond acceptors (Lipinski definition) is 6. The summed E-state index contributed by atoms with van der Waals surface area (Å²) in [4.78, 5) is 37.5. The molecule has 4 heterocycles. The van der Waals surface area contributed by atoms with E-state index < -0.39 is 5.54 Å². The lowest BCUT2D eigenvalue weighted by Gasteiger charge is -2.30. The molecule has 0 spiro atoms. The van der Waals surface area contributed by atoms with Crippen molar-refractivity contribution in [2.24, 2.45) is 0 Å². The molecule has 0 aliphatic carbocycles. The van der Waals surface area contributed by atoms with Gasteiger partial charge in [0.1, 0.15) is 5.39 Å². The number of rotatable bonds is 6. The Morgan fingerprint density at radius 3 is 2.54 bits per heavy atom. The molecule has 39 heavy (non-hydrogen) atoms. The third-order valence-electron chi connectivity index (χ3n) is 7.52. The molecule has 1 aliphatic rings. The van der Waals surface area contributed by atoms with Gasteiger partial charge in [0.25, 0.3) is 11.1 Å². The molecule has 1 aromatic carbocycles. The van der Waals surface area contributed by atoms with Crippen LogP contribution >= 0.6 is 0 Å². The van der Waals surface area contributed by atoms with Crippen molar-refractivity contribution in [1.82, 2.24) is 28.8 Å². The monoisotopic (exact) mass is 527 g/mol. The summed E-state index contributed by atoms with van der Waals surface area (Å²) < 4.78 is 4.96. The van der Waals surface area contributed by atoms with Crippen molar-refractivity contribution in [3.63, 3.8) is 0 Å². The smallest absolute Gasteiger partial charge is 0.278 e. The number of fused-ring (bicyclic) bond motifs is 1. The Morgan fingerprint density at radius 1 is 1.13 bits per heavy atom. The van der Waals surface area contributed by atoms with Gasteiger partial charge >= 0.3 is 0 Å². The highest BCUT2D eigenvalue weighted by Gasteiger charge is 2.22. The average Bonchev–Trinajstić information content (AvgIpc) is 3.15. The molecule has 0 bridgehead atoms. The molecule has 1 saturated heterocycles. The first kappa shape index (κ1) is 26.6. The number of hydrogen-bond donors (Lipinski definition) is 1. The van der Waals surface area contributed by atoms with Gasteiger partial charge in [0.2, 0.25) is 5.95 Å². The van der Waals surface area contributed by atoms with Crippen LogP contribution in [0.3, 0.4) is 0 Å². The van der Waals surface area contributed by atoms with E-state index in [0.717, 1.165) is 18.8 Å². The fraction of sp³-hybridized carbons (Fsp3) is 0.400. The first-order chi connectivity index (χ1) is 18.6. The maximum Gasteiger partial charge on any atom is 0.278 e. The molecule has 9 heteroatoms. The lowest BCUT2D eigenvalue weighted by atomic mass is 9.87. The standard InChI is InChI=1S/C30H37N7O2/c1-7-14-36-28(39)25-18-31-29(32-22-8-10-24(20(2)17-22)21-12-15-34(6)16-13-21)33-27(25)37(36)23-9-11-26(38)35(19-23)30(3,4)5/h7-11,17-19,21H,1,12-16H2,2-6H3,(H,31,32,33). The molecule has 0 amide bonds. The Kier molecular flexibility index (Phi) is 7.03. The van der Waals surface area contributed by atoms with Crippen molar-refractivity contribution >= 4 is 22.7 Å². The van der Waals surface area contributed by atoms with Crippen LogP contribution in [0, 0.1) is 6.92 Å². The van der Waals surface area contributed by atoms with E-state index in [1.165, 1.54) is 30.0 Å². The molecule has 9 nitrogen and oxygen atoms in total. The molecule has 5 rings (SSSR count). The number of benzene rings is 1. The number of aromatic nitrogens is 5. The van der Waals surface area contributed by atoms with Gasteiger partial charge in [0.15, 0.2) is 5.65 Å². The van der Waals surface area contributed by atoms with Gasteiger partial charge in [-0.15, -0.1) is 6.58 Å². The summed E-state index contributed by atoms with van der Waals surface area (Å²) in [5.74, 6) is 0.973. The molecule has 4 aromatic rings. The maximum absolute atomic E-state index is 13.3. The Balaban J connectivity index is 1.54. The normalized spacial score (nSPS) is 15.1. The van der Waals surface area contributed by atoms with Gasteiger partial charge in [-0.1, -0.05) is 12.1 Å². The second-order valence-electron chi connectivity index (χ2n) is 11.5. The van der Waals surface area contributed by atoms with Gasteiger partial charge in [-0.2, -0.15) is 4.98 Å². The van der Waals surface area contributed by atoms with E-state index in [0.29, 0.717) is 28.6 Å². The van der Waals surface area contributed by atoms with E-state index >= 15 is 0 Å². The summed E-state index contributed by atoms with van der Waals surface area (Å²) >= 11 is 0. The second-order valence-corrected chi connectivity index (χ2v) is 11.5. The van der Waals surface area contributed by atoms with E-state index in [1.807, 2.05) is 20.8 Å². The van der Waals surface area contributed by atoms with Crippen LogP contribution in [0.5, 0.6) is 0 Å². The maximum atomic E-state index is 13.3. The first-order valence-corrected chi connectivity index (χ1v) is 13.5. The number of pyridine rings is 1. The summed E-state index contributed by atoms with van der Waals surface area (Å²) in [5.41, 5.74) is 3.88. The number of nitrogens with one attached hydrogen (secondary N) is 1. The molecular weight excluding hydrogens is 490 g/mol. The van der Waals surface area contributed by atoms with Gasteiger partial charge in [-0.3, -0.25) is 9.59 Å². The molecule has 1 N–H and O–H groups in total. The molecule has 0 radical (unpaired) electrons. The van der Waals surface area contributed by atoms with Gasteiger partial charge in [0.05, 0.1) is 12.2 Å². The highest BCUT2D eigenvalue weighted by molar-refractivity contribution is 5.77. The Morgan fingerprint density at radius 2 is 1.87 bits per heavy atom. The van der Waals surface area contributed by atoms with Crippen molar-refractivity contribution in [2.45, 2.75) is 58.5 Å². The largest absolute Gasteiger partial charge is 0.324 e. The zero-order chi connectivity index (χ0) is 27.9. The topological polar surface area (TPSA) is 90.0 Å². The lowest BCUT2D eigenvalue weighted by Crippen LogP contribution is -2.33. The molecule has 3 aromatic heterocycles. The third-order valence-corrected chi connectivity index (χ3v) is 7.52. The highest BCUT2D eigenvalue weighted by Crippen LogP contribution is 2.31. The highest BCUT2D eigenvalue weighted by atomic mass is 16.1. The van der Waals surface area contributed by atoms with Crippen molar-refractivity contribution in [3.05, 3.63) is 87.2 Å². The Labute approximate surface area is 228 Å². The quantitative estimate of drug-likeness (QED) is 0.370. The number of nitrogens with zero attached hydrogens (tertiary/aromatic N) is 6. The number of allylic oxidation sites excluding steroid dienone is 1. The molecule has 204 valence electrons. The van der Waals surface area contributed by atoms with Crippen molar-refractivity contribution in [3.8, 4) is 5.69 Å². The fourth-order valence-corrected chi connectivity index (χ4v) is 5.42. The number of likely N-dealkylation sites (tertiary alicyclic amines) is 1. The zero-order valence-corrected chi connectivity index (χ0v) is 23.4. The van der Waals surface area contributed by atoms with Gasteiger partial charge < -0.3 is 14.8 Å². The number of aryl methyl sites for hydroxylation is 1. The van der Waals surface area contributed by atoms with Crippen LogP contribution < -0.4 is 16.4 Å². The van der Waals surface area contributed by atoms with Crippen LogP contribution in [0.15, 0.2) is 65.0 Å². The molecule has 0 unspecified atom stereocenters. The summed E-state index contributed by atoms with van der Waals surface area (Å²) in [5, 5.41) is 3.72. The van der Waals surface area contributed by atoms with Crippen LogP contribution in [0.2, 0.25) is 0 Å². The molecule has 0 saturated carbocycles. The first-order valence-electron chi connectivity index (χ1n) is 13.5. The van der Waals surface area contributed by atoms with Crippen LogP contribution in [0.25, 0.3) is 16.7 Å².